The first-order valence-corrected chi connectivity index (χ1v) is 12.8. The summed E-state index contributed by atoms with van der Waals surface area (Å²) in [5, 5.41) is 28.4. The number of benzene rings is 4. The van der Waals surface area contributed by atoms with Gasteiger partial charge in [-0.3, -0.25) is 9.59 Å². The molecular formula is C30H16ClFN4O7. The van der Waals surface area contributed by atoms with Gasteiger partial charge in [0.25, 0.3) is 0 Å². The van der Waals surface area contributed by atoms with E-state index < -0.39 is 51.5 Å². The van der Waals surface area contributed by atoms with Crippen molar-refractivity contribution in [1.82, 2.24) is 19.6 Å². The van der Waals surface area contributed by atoms with Gasteiger partial charge in [0.1, 0.15) is 17.1 Å². The Morgan fingerprint density at radius 1 is 0.791 bits per heavy atom. The molecule has 2 N–H and O–H groups in total. The van der Waals surface area contributed by atoms with Crippen LogP contribution < -0.4 is 15.6 Å². The summed E-state index contributed by atoms with van der Waals surface area (Å²) < 4.78 is 21.6. The number of carbonyl (C=O) groups excluding carboxylic acids is 1. The Labute approximate surface area is 244 Å². The maximum Gasteiger partial charge on any atom is 0.368 e. The molecule has 0 aliphatic carbocycles. The maximum atomic E-state index is 13.7. The lowest BCUT2D eigenvalue weighted by atomic mass is 10.1. The first kappa shape index (κ1) is 27.3. The first-order valence-electron chi connectivity index (χ1n) is 12.4. The molecular weight excluding hydrogens is 583 g/mol. The highest BCUT2D eigenvalue weighted by Gasteiger charge is 2.25. The molecule has 212 valence electrons. The molecule has 0 fully saturated rings. The third-order valence-corrected chi connectivity index (χ3v) is 6.72. The van der Waals surface area contributed by atoms with Crippen molar-refractivity contribution in [3.05, 3.63) is 128 Å². The van der Waals surface area contributed by atoms with Gasteiger partial charge in [-0.1, -0.05) is 23.7 Å². The summed E-state index contributed by atoms with van der Waals surface area (Å²) in [6.07, 6.45) is 0. The summed E-state index contributed by atoms with van der Waals surface area (Å²) >= 11 is 6.02. The second-order valence-corrected chi connectivity index (χ2v) is 9.62. The third-order valence-electron chi connectivity index (χ3n) is 6.46. The highest BCUT2D eigenvalue weighted by atomic mass is 35.5. The molecule has 43 heavy (non-hydrogen) atoms. The van der Waals surface area contributed by atoms with Gasteiger partial charge in [0.05, 0.1) is 27.7 Å². The predicted octanol–water partition coefficient (Wildman–Crippen LogP) is 4.50. The molecule has 13 heteroatoms. The van der Waals surface area contributed by atoms with Gasteiger partial charge in [-0.25, -0.2) is 23.3 Å². The Morgan fingerprint density at radius 2 is 1.40 bits per heavy atom. The monoisotopic (exact) mass is 598 g/mol. The molecule has 0 unspecified atom stereocenters. The number of hydrogen-bond donors (Lipinski definition) is 2. The van der Waals surface area contributed by atoms with Gasteiger partial charge < -0.3 is 14.9 Å². The number of phenols is 1. The minimum absolute atomic E-state index is 0.103. The Balaban J connectivity index is 1.57. The van der Waals surface area contributed by atoms with E-state index in [0.29, 0.717) is 16.2 Å². The maximum absolute atomic E-state index is 13.7. The second kappa shape index (κ2) is 10.5. The van der Waals surface area contributed by atoms with Crippen LogP contribution in [0.15, 0.2) is 94.5 Å². The lowest BCUT2D eigenvalue weighted by molar-refractivity contribution is 0.0683. The second-order valence-electron chi connectivity index (χ2n) is 9.18. The fourth-order valence-electron chi connectivity index (χ4n) is 4.53. The molecule has 0 atom stereocenters. The van der Waals surface area contributed by atoms with Crippen LogP contribution in [0.25, 0.3) is 33.2 Å². The standard InChI is InChI=1S/C30H16ClFN4O7/c31-15-5-9-17(10-6-15)35-22-4-2-1-3-20(22)27(38)25(34-35)30(42)43-23-14-19(37)13-21-26(23)36(18-11-7-16(32)8-12-18)33-24(28(21)39)29(40)41/h1-14,37H,(H,40,41). The van der Waals surface area contributed by atoms with Crippen molar-refractivity contribution >= 4 is 45.3 Å². The van der Waals surface area contributed by atoms with Crippen molar-refractivity contribution < 1.29 is 28.9 Å². The van der Waals surface area contributed by atoms with Gasteiger partial charge in [0.2, 0.25) is 22.2 Å². The van der Waals surface area contributed by atoms with Gasteiger partial charge in [-0.15, -0.1) is 0 Å². The molecule has 11 nitrogen and oxygen atoms in total. The third kappa shape index (κ3) is 4.85. The van der Waals surface area contributed by atoms with Crippen molar-refractivity contribution in [1.29, 1.82) is 0 Å². The zero-order valence-corrected chi connectivity index (χ0v) is 22.3. The van der Waals surface area contributed by atoms with Gasteiger partial charge >= 0.3 is 11.9 Å². The SMILES string of the molecule is O=C(Oc1cc(O)cc2c(=O)c(C(=O)O)nn(-c3ccc(F)cc3)c12)c1nn(-c2ccc(Cl)cc2)c2ccccc2c1=O. The van der Waals surface area contributed by atoms with Crippen molar-refractivity contribution in [2.75, 3.05) is 0 Å². The van der Waals surface area contributed by atoms with Crippen molar-refractivity contribution in [2.45, 2.75) is 0 Å². The van der Waals surface area contributed by atoms with Crippen LogP contribution in [0.3, 0.4) is 0 Å². The minimum atomic E-state index is -1.66. The van der Waals surface area contributed by atoms with Crippen LogP contribution in [0, 0.1) is 5.82 Å². The van der Waals surface area contributed by atoms with E-state index in [1.54, 1.807) is 42.5 Å². The van der Waals surface area contributed by atoms with Crippen molar-refractivity contribution in [3.63, 3.8) is 0 Å². The number of phenolic OH excluding ortho intramolecular Hbond substituents is 1. The summed E-state index contributed by atoms with van der Waals surface area (Å²) in [5.74, 6) is -4.50. The van der Waals surface area contributed by atoms with E-state index in [-0.39, 0.29) is 22.0 Å². The number of hydrogen-bond acceptors (Lipinski definition) is 8. The number of halogens is 2. The predicted molar refractivity (Wildman–Crippen MR) is 153 cm³/mol. The van der Waals surface area contributed by atoms with Crippen LogP contribution in [0.2, 0.25) is 5.02 Å². The van der Waals surface area contributed by atoms with Gasteiger partial charge in [-0.05, 0) is 66.7 Å². The van der Waals surface area contributed by atoms with Crippen LogP contribution in [-0.2, 0) is 0 Å². The number of ether oxygens (including phenoxy) is 1. The van der Waals surface area contributed by atoms with Crippen molar-refractivity contribution in [2.24, 2.45) is 0 Å². The van der Waals surface area contributed by atoms with E-state index in [4.69, 9.17) is 16.3 Å². The average Bonchev–Trinajstić information content (AvgIpc) is 2.99. The van der Waals surface area contributed by atoms with Crippen LogP contribution in [-0.4, -0.2) is 41.7 Å². The Kier molecular flexibility index (Phi) is 6.67. The molecule has 4 aromatic carbocycles. The fraction of sp³-hybridized carbons (Fsp3) is 0. The van der Waals surface area contributed by atoms with Gasteiger partial charge in [0, 0.05) is 11.1 Å². The van der Waals surface area contributed by atoms with Gasteiger partial charge in [0.15, 0.2) is 5.75 Å². The normalized spacial score (nSPS) is 11.1. The number of fused-ring (bicyclic) bond motifs is 2. The molecule has 2 heterocycles. The largest absolute Gasteiger partial charge is 0.508 e. The van der Waals surface area contributed by atoms with E-state index in [9.17, 15) is 33.8 Å². The Hall–Kier alpha value is -5.88. The van der Waals surface area contributed by atoms with E-state index in [0.717, 1.165) is 28.9 Å². The smallest absolute Gasteiger partial charge is 0.368 e. The molecule has 0 bridgehead atoms. The molecule has 6 aromatic rings. The van der Waals surface area contributed by atoms with Crippen LogP contribution in [0.4, 0.5) is 4.39 Å². The number of aromatic nitrogens is 4. The summed E-state index contributed by atoms with van der Waals surface area (Å²) in [6, 6.07) is 19.6. The number of carboxylic acids is 1. The molecule has 6 rings (SSSR count). The van der Waals surface area contributed by atoms with Crippen LogP contribution in [0.1, 0.15) is 21.0 Å². The number of para-hydroxylation sites is 1. The minimum Gasteiger partial charge on any atom is -0.508 e. The van der Waals surface area contributed by atoms with E-state index in [1.807, 2.05) is 0 Å². The topological polar surface area (TPSA) is 154 Å². The molecule has 0 saturated heterocycles. The Bertz CT molecular complexity index is 2230. The van der Waals surface area contributed by atoms with Crippen LogP contribution in [0.5, 0.6) is 11.5 Å². The summed E-state index contributed by atoms with van der Waals surface area (Å²) in [4.78, 5) is 51.8. The van der Waals surface area contributed by atoms with Crippen LogP contribution >= 0.6 is 11.6 Å². The Morgan fingerprint density at radius 3 is 2.09 bits per heavy atom. The van der Waals surface area contributed by atoms with E-state index >= 15 is 0 Å². The number of carbonyl (C=O) groups is 2. The molecule has 0 aliphatic rings. The molecule has 2 aromatic heterocycles. The van der Waals surface area contributed by atoms with E-state index in [1.165, 1.54) is 22.9 Å². The first-order chi connectivity index (χ1) is 20.6. The number of rotatable bonds is 5. The highest BCUT2D eigenvalue weighted by molar-refractivity contribution is 6.30. The highest BCUT2D eigenvalue weighted by Crippen LogP contribution is 2.31. The molecule has 0 radical (unpaired) electrons. The number of aromatic carboxylic acids is 1. The fourth-order valence-corrected chi connectivity index (χ4v) is 4.66. The number of esters is 1. The number of nitrogens with zero attached hydrogens (tertiary/aromatic N) is 4. The molecule has 0 spiro atoms. The summed E-state index contributed by atoms with van der Waals surface area (Å²) in [5.41, 5.74) is -2.62. The summed E-state index contributed by atoms with van der Waals surface area (Å²) in [6.45, 7) is 0. The quantitative estimate of drug-likeness (QED) is 0.216. The lowest BCUT2D eigenvalue weighted by Crippen LogP contribution is -2.26. The average molecular weight is 599 g/mol. The molecule has 0 amide bonds. The van der Waals surface area contributed by atoms with Crippen molar-refractivity contribution in [3.8, 4) is 22.9 Å². The summed E-state index contributed by atoms with van der Waals surface area (Å²) in [7, 11) is 0. The number of aromatic hydroxyl groups is 1. The lowest BCUT2D eigenvalue weighted by Gasteiger charge is -2.15. The molecule has 0 aliphatic heterocycles. The molecule has 0 saturated carbocycles. The van der Waals surface area contributed by atoms with Gasteiger partial charge in [-0.2, -0.15) is 10.2 Å². The van der Waals surface area contributed by atoms with E-state index in [2.05, 4.69) is 10.2 Å². The zero-order chi connectivity index (χ0) is 30.4. The number of carboxylic acid groups (broad SMARTS) is 1. The zero-order valence-electron chi connectivity index (χ0n) is 21.6.